The highest BCUT2D eigenvalue weighted by Gasteiger charge is 2.24. The van der Waals surface area contributed by atoms with Crippen molar-refractivity contribution < 1.29 is 56.7 Å². The van der Waals surface area contributed by atoms with Crippen LogP contribution in [0.5, 0.6) is 0 Å². The van der Waals surface area contributed by atoms with Crippen LogP contribution in [0.3, 0.4) is 0 Å². The molecule has 0 atom stereocenters. The van der Waals surface area contributed by atoms with Crippen molar-refractivity contribution in [3.8, 4) is 0 Å². The first-order valence-electron chi connectivity index (χ1n) is 37.4. The molecule has 10 N–H and O–H groups in total. The van der Waals surface area contributed by atoms with E-state index in [0.29, 0.717) is 62.0 Å². The Morgan fingerprint density at radius 1 is 0.317 bits per heavy atom. The molecule has 10 amide bonds. The zero-order chi connectivity index (χ0) is 89.5. The number of thiazole rings is 5. The van der Waals surface area contributed by atoms with Gasteiger partial charge in [0.05, 0.1) is 116 Å². The minimum absolute atomic E-state index is 0.0265. The molecule has 5 aromatic heterocycles. The quantitative estimate of drug-likeness (QED) is 0.0254. The number of halogens is 5. The Balaban J connectivity index is 0.000000233. The van der Waals surface area contributed by atoms with Gasteiger partial charge in [-0.2, -0.15) is 0 Å². The van der Waals surface area contributed by atoms with Crippen molar-refractivity contribution >= 4 is 227 Å². The molecule has 5 aromatic carbocycles. The summed E-state index contributed by atoms with van der Waals surface area (Å²) in [7, 11) is 7.94. The van der Waals surface area contributed by atoms with Gasteiger partial charge in [-0.25, -0.2) is 33.7 Å². The van der Waals surface area contributed by atoms with Crippen molar-refractivity contribution in [1.82, 2.24) is 76.0 Å². The average Bonchev–Trinajstić information content (AvgIpc) is 1.68. The molecule has 10 rings (SSSR count). The Kier molecular flexibility index (Phi) is 37.0. The van der Waals surface area contributed by atoms with Gasteiger partial charge in [0.25, 0.3) is 0 Å². The van der Waals surface area contributed by atoms with Gasteiger partial charge >= 0.3 is 0 Å². The van der Waals surface area contributed by atoms with Gasteiger partial charge in [-0.1, -0.05) is 97.6 Å². The van der Waals surface area contributed by atoms with E-state index < -0.39 is 0 Å². The van der Waals surface area contributed by atoms with Crippen LogP contribution in [0.2, 0.25) is 15.1 Å². The second-order valence-corrected chi connectivity index (χ2v) is 39.1. The summed E-state index contributed by atoms with van der Waals surface area (Å²) in [4.78, 5) is 149. The smallest absolute Gasteiger partial charge is 0.245 e. The number of carbonyl (C=O) groups is 10. The van der Waals surface area contributed by atoms with Gasteiger partial charge in [-0.05, 0) is 183 Å². The Morgan fingerprint density at radius 2 is 0.583 bits per heavy atom. The van der Waals surface area contributed by atoms with E-state index in [-0.39, 0.29) is 164 Å². The molecule has 0 saturated carbocycles. The molecule has 0 fully saturated rings. The van der Waals surface area contributed by atoms with Crippen molar-refractivity contribution in [3.63, 3.8) is 0 Å². The monoisotopic (exact) mass is 1810 g/mol. The number of hydrogen-bond donors (Lipinski definition) is 10. The van der Waals surface area contributed by atoms with Crippen LogP contribution in [-0.2, 0) is 47.9 Å². The molecule has 650 valence electrons. The Bertz CT molecular complexity index is 4750. The van der Waals surface area contributed by atoms with Crippen molar-refractivity contribution in [3.05, 3.63) is 118 Å². The van der Waals surface area contributed by atoms with Crippen LogP contribution in [0.1, 0.15) is 104 Å². The van der Waals surface area contributed by atoms with Crippen LogP contribution >= 0.6 is 91.5 Å². The third-order valence-corrected chi connectivity index (χ3v) is 21.4. The summed E-state index contributed by atoms with van der Waals surface area (Å²) >= 11 is 24.4. The predicted octanol–water partition coefficient (Wildman–Crippen LogP) is 12.6. The van der Waals surface area contributed by atoms with Gasteiger partial charge in [0.1, 0.15) is 17.2 Å². The first kappa shape index (κ1) is 99.6. The molecule has 0 unspecified atom stereocenters. The topological polar surface area (TPSA) is 372 Å². The first-order valence-corrected chi connectivity index (χ1v) is 42.7. The first-order chi connectivity index (χ1) is 55.7. The molecular formula is C80H105Cl3F2N20O10S5. The summed E-state index contributed by atoms with van der Waals surface area (Å²) in [6, 6.07) is 24.8. The maximum absolute atomic E-state index is 13.2. The van der Waals surface area contributed by atoms with Crippen molar-refractivity contribution in [1.29, 1.82) is 0 Å². The van der Waals surface area contributed by atoms with Crippen molar-refractivity contribution in [2.24, 2.45) is 0 Å². The number of fused-ring (bicyclic) bond motifs is 5. The van der Waals surface area contributed by atoms with Gasteiger partial charge < -0.3 is 77.7 Å². The molecule has 0 aliphatic carbocycles. The lowest BCUT2D eigenvalue weighted by Crippen LogP contribution is -2.45. The van der Waals surface area contributed by atoms with Gasteiger partial charge in [0.15, 0.2) is 25.7 Å². The third kappa shape index (κ3) is 36.2. The standard InChI is InChI=1S/3C16H21ClN4O2S.2C16H21FN4O2S/c1-16(2,3)18-8-14(23)21(4)9-13(22)20-15-19-11-7-10(17)5-6-12(11)24-15;1-16(2,3)18-8-14(23)21(4)9-13(22)20-15-19-11-6-5-10(17)7-12(11)24-15;1-16(2,3)18-8-13(23)21(4)9-12(22)19-15-20-14-10(17)6-5-7-11(14)24-15;1-16(2,3)18-8-14(23)21(4)9-13(22)20-15-19-11-7-10(17)5-6-12(11)24-15;1-16(2,3)18-8-14(23)21(4)9-13(22)20-15-19-11-6-5-10(17)7-12(11)24-15/h5*5-7,18H,8-9H2,1-4H3,(H,19,20,22). The van der Waals surface area contributed by atoms with E-state index in [1.54, 1.807) is 83.8 Å². The van der Waals surface area contributed by atoms with Crippen LogP contribution in [0, 0.1) is 11.6 Å². The summed E-state index contributed by atoms with van der Waals surface area (Å²) in [6.07, 6.45) is 0. The summed E-state index contributed by atoms with van der Waals surface area (Å²) < 4.78 is 30.5. The lowest BCUT2D eigenvalue weighted by molar-refractivity contribution is -0.132. The highest BCUT2D eigenvalue weighted by Crippen LogP contribution is 2.33. The van der Waals surface area contributed by atoms with E-state index >= 15 is 0 Å². The number of aromatic nitrogens is 5. The van der Waals surface area contributed by atoms with Crippen molar-refractivity contribution in [2.75, 3.05) is 127 Å². The van der Waals surface area contributed by atoms with Crippen LogP contribution in [-0.4, -0.2) is 237 Å². The van der Waals surface area contributed by atoms with Crippen LogP contribution in [0.4, 0.5) is 34.4 Å². The normalized spacial score (nSPS) is 11.5. The minimum Gasteiger partial charge on any atom is -0.335 e. The molecule has 10 aromatic rings. The second kappa shape index (κ2) is 44.5. The highest BCUT2D eigenvalue weighted by molar-refractivity contribution is 7.23. The van der Waals surface area contributed by atoms with Gasteiger partial charge in [0, 0.05) is 79.0 Å². The van der Waals surface area contributed by atoms with Gasteiger partial charge in [-0.3, -0.25) is 47.9 Å². The summed E-state index contributed by atoms with van der Waals surface area (Å²) in [5, 5.41) is 32.9. The molecule has 0 aliphatic heterocycles. The Hall–Kier alpha value is -9.22. The molecule has 0 bridgehead atoms. The average molecular weight is 1810 g/mol. The Morgan fingerprint density at radius 3 is 0.933 bits per heavy atom. The van der Waals surface area contributed by atoms with Crippen LogP contribution < -0.4 is 53.2 Å². The molecule has 5 heterocycles. The summed E-state index contributed by atoms with van der Waals surface area (Å²) in [6.45, 7) is 30.2. The fraction of sp³-hybridized carbons (Fsp3) is 0.438. The predicted molar refractivity (Wildman–Crippen MR) is 483 cm³/mol. The fourth-order valence-corrected chi connectivity index (χ4v) is 14.6. The maximum atomic E-state index is 13.2. The highest BCUT2D eigenvalue weighted by atomic mass is 35.5. The van der Waals surface area contributed by atoms with E-state index in [4.69, 9.17) is 34.8 Å². The number of likely N-dealkylation sites (N-methyl/N-ethyl adjacent to an activating group) is 5. The van der Waals surface area contributed by atoms with E-state index in [1.807, 2.05) is 122 Å². The second-order valence-electron chi connectivity index (χ2n) is 32.6. The number of nitrogens with zero attached hydrogens (tertiary/aromatic N) is 10. The van der Waals surface area contributed by atoms with E-state index in [0.717, 1.165) is 29.8 Å². The molecule has 30 nitrogen and oxygen atoms in total. The number of anilines is 5. The molecule has 0 aliphatic rings. The van der Waals surface area contributed by atoms with E-state index in [9.17, 15) is 56.7 Å². The zero-order valence-corrected chi connectivity index (χ0v) is 77.1. The minimum atomic E-state index is -0.373. The molecule has 0 saturated heterocycles. The van der Waals surface area contributed by atoms with Gasteiger partial charge in [-0.15, -0.1) is 0 Å². The summed E-state index contributed by atoms with van der Waals surface area (Å²) in [5.41, 5.74) is 2.49. The number of benzene rings is 5. The Labute approximate surface area is 731 Å². The van der Waals surface area contributed by atoms with Gasteiger partial charge in [0.2, 0.25) is 59.1 Å². The molecule has 120 heavy (non-hydrogen) atoms. The van der Waals surface area contributed by atoms with E-state index in [1.165, 1.54) is 105 Å². The third-order valence-electron chi connectivity index (χ3n) is 15.9. The number of nitrogens with one attached hydrogen (secondary N) is 10. The lowest BCUT2D eigenvalue weighted by atomic mass is 10.1. The molecule has 40 heteroatoms. The number of para-hydroxylation sites is 1. The van der Waals surface area contributed by atoms with Crippen LogP contribution in [0.15, 0.2) is 91.0 Å². The molecular weight excluding hydrogens is 1710 g/mol. The van der Waals surface area contributed by atoms with Crippen LogP contribution in [0.25, 0.3) is 51.1 Å². The number of hydrogen-bond acceptors (Lipinski definition) is 25. The fourth-order valence-electron chi connectivity index (χ4n) is 9.47. The maximum Gasteiger partial charge on any atom is 0.245 e. The van der Waals surface area contributed by atoms with E-state index in [2.05, 4.69) is 78.1 Å². The van der Waals surface area contributed by atoms with Crippen molar-refractivity contribution in [2.45, 2.75) is 132 Å². The number of amides is 10. The summed E-state index contributed by atoms with van der Waals surface area (Å²) in [5.74, 6) is -3.06. The zero-order valence-electron chi connectivity index (χ0n) is 70.7. The number of rotatable bonds is 25. The number of carbonyl (C=O) groups excluding carboxylic acids is 10. The molecule has 0 radical (unpaired) electrons. The largest absolute Gasteiger partial charge is 0.335 e. The SMILES string of the molecule is CN(CC(=O)Nc1nc2c(Cl)cccc2s1)C(=O)CNC(C)(C)C.CN(CC(=O)Nc1nc2cc(Cl)ccc2s1)C(=O)CNC(C)(C)C.CN(CC(=O)Nc1nc2cc(F)ccc2s1)C(=O)CNC(C)(C)C.CN(CC(=O)Nc1nc2ccc(Cl)cc2s1)C(=O)CNC(C)(C)C.CN(CC(=O)Nc1nc2ccc(F)cc2s1)C(=O)CNC(C)(C)C. The lowest BCUT2D eigenvalue weighted by Gasteiger charge is -2.23. The molecule has 0 spiro atoms.